The van der Waals surface area contributed by atoms with Crippen molar-refractivity contribution in [2.75, 3.05) is 33.9 Å². The van der Waals surface area contributed by atoms with Gasteiger partial charge in [-0.25, -0.2) is 0 Å². The first-order valence-corrected chi connectivity index (χ1v) is 10.6. The van der Waals surface area contributed by atoms with E-state index in [9.17, 15) is 13.2 Å². The van der Waals surface area contributed by atoms with Crippen molar-refractivity contribution in [3.05, 3.63) is 77.4 Å². The van der Waals surface area contributed by atoms with Crippen molar-refractivity contribution in [1.29, 1.82) is 0 Å². The van der Waals surface area contributed by atoms with Crippen LogP contribution >= 0.6 is 0 Å². The molecule has 0 radical (unpaired) electrons. The molecule has 32 heavy (non-hydrogen) atoms. The molecular formula is C26H26F3NO2. The van der Waals surface area contributed by atoms with Gasteiger partial charge < -0.3 is 9.47 Å². The van der Waals surface area contributed by atoms with E-state index >= 15 is 0 Å². The van der Waals surface area contributed by atoms with Crippen LogP contribution in [0.1, 0.15) is 23.1 Å². The van der Waals surface area contributed by atoms with Crippen molar-refractivity contribution in [1.82, 2.24) is 4.90 Å². The largest absolute Gasteiger partial charge is 0.493 e. The third-order valence-corrected chi connectivity index (χ3v) is 5.98. The Morgan fingerprint density at radius 2 is 1.66 bits per heavy atom. The lowest BCUT2D eigenvalue weighted by molar-refractivity contribution is -0.137. The number of halogens is 3. The Labute approximate surface area is 186 Å². The molecule has 0 fully saturated rings. The van der Waals surface area contributed by atoms with Gasteiger partial charge in [0.15, 0.2) is 11.5 Å². The molecule has 3 aromatic rings. The van der Waals surface area contributed by atoms with E-state index < -0.39 is 11.7 Å². The standard InChI is InChI=1S/C26H26F3NO2/c1-31-24-16-21-7-6-18(14-22(21)17-25(24)32-2)8-11-30-12-9-19(10-13-30)20-4-3-5-23(15-20)26(27,28)29/h3-7,9,14-17H,8,10-13H2,1-2H3. The molecule has 4 rings (SSSR count). The van der Waals surface area contributed by atoms with Crippen LogP contribution in [0.2, 0.25) is 0 Å². The van der Waals surface area contributed by atoms with Gasteiger partial charge in [-0.05, 0) is 64.6 Å². The molecule has 0 aromatic heterocycles. The van der Waals surface area contributed by atoms with Gasteiger partial charge in [0.25, 0.3) is 0 Å². The highest BCUT2D eigenvalue weighted by Crippen LogP contribution is 2.33. The number of alkyl halides is 3. The predicted octanol–water partition coefficient (Wildman–Crippen LogP) is 6.21. The first-order chi connectivity index (χ1) is 15.4. The zero-order valence-corrected chi connectivity index (χ0v) is 18.2. The summed E-state index contributed by atoms with van der Waals surface area (Å²) in [6, 6.07) is 16.0. The van der Waals surface area contributed by atoms with Gasteiger partial charge in [0, 0.05) is 19.6 Å². The molecule has 0 bridgehead atoms. The van der Waals surface area contributed by atoms with E-state index in [2.05, 4.69) is 29.2 Å². The van der Waals surface area contributed by atoms with Gasteiger partial charge in [-0.3, -0.25) is 4.90 Å². The maximum atomic E-state index is 13.0. The molecule has 0 amide bonds. The van der Waals surface area contributed by atoms with Gasteiger partial charge in [-0.15, -0.1) is 0 Å². The van der Waals surface area contributed by atoms with E-state index in [0.29, 0.717) is 17.1 Å². The quantitative estimate of drug-likeness (QED) is 0.454. The predicted molar refractivity (Wildman–Crippen MR) is 121 cm³/mol. The van der Waals surface area contributed by atoms with E-state index in [-0.39, 0.29) is 0 Å². The van der Waals surface area contributed by atoms with Gasteiger partial charge in [-0.2, -0.15) is 13.2 Å². The average molecular weight is 441 g/mol. The first-order valence-electron chi connectivity index (χ1n) is 10.6. The fraction of sp³-hybridized carbons (Fsp3) is 0.308. The smallest absolute Gasteiger partial charge is 0.416 e. The van der Waals surface area contributed by atoms with Gasteiger partial charge >= 0.3 is 6.18 Å². The minimum Gasteiger partial charge on any atom is -0.493 e. The molecule has 168 valence electrons. The number of nitrogens with zero attached hydrogens (tertiary/aromatic N) is 1. The minimum atomic E-state index is -4.31. The van der Waals surface area contributed by atoms with Gasteiger partial charge in [0.2, 0.25) is 0 Å². The third kappa shape index (κ3) is 4.91. The van der Waals surface area contributed by atoms with Crippen molar-refractivity contribution < 1.29 is 22.6 Å². The van der Waals surface area contributed by atoms with Crippen molar-refractivity contribution >= 4 is 16.3 Å². The Morgan fingerprint density at radius 3 is 2.31 bits per heavy atom. The highest BCUT2D eigenvalue weighted by atomic mass is 19.4. The van der Waals surface area contributed by atoms with Crippen LogP contribution in [0.5, 0.6) is 11.5 Å². The summed E-state index contributed by atoms with van der Waals surface area (Å²) >= 11 is 0. The summed E-state index contributed by atoms with van der Waals surface area (Å²) in [4.78, 5) is 2.33. The fourth-order valence-corrected chi connectivity index (χ4v) is 4.14. The van der Waals surface area contributed by atoms with Crippen LogP contribution in [0.25, 0.3) is 16.3 Å². The number of rotatable bonds is 6. The molecule has 0 N–H and O–H groups in total. The zero-order valence-electron chi connectivity index (χ0n) is 18.2. The minimum absolute atomic E-state index is 0.594. The Hall–Kier alpha value is -2.99. The summed E-state index contributed by atoms with van der Waals surface area (Å²) in [6.45, 7) is 2.47. The average Bonchev–Trinajstić information content (AvgIpc) is 2.81. The molecule has 0 saturated carbocycles. The van der Waals surface area contributed by atoms with Gasteiger partial charge in [-0.1, -0.05) is 36.4 Å². The van der Waals surface area contributed by atoms with E-state index in [1.54, 1.807) is 20.3 Å². The lowest BCUT2D eigenvalue weighted by atomic mass is 9.97. The van der Waals surface area contributed by atoms with E-state index in [4.69, 9.17) is 9.47 Å². The third-order valence-electron chi connectivity index (χ3n) is 5.98. The number of ether oxygens (including phenoxy) is 2. The highest BCUT2D eigenvalue weighted by Gasteiger charge is 2.30. The highest BCUT2D eigenvalue weighted by molar-refractivity contribution is 5.86. The van der Waals surface area contributed by atoms with E-state index in [0.717, 1.165) is 54.9 Å². The number of hydrogen-bond donors (Lipinski definition) is 0. The molecule has 0 atom stereocenters. The molecule has 1 heterocycles. The number of hydrogen-bond acceptors (Lipinski definition) is 3. The summed E-state index contributed by atoms with van der Waals surface area (Å²) in [7, 11) is 3.26. The van der Waals surface area contributed by atoms with Crippen molar-refractivity contribution in [2.45, 2.75) is 19.0 Å². The zero-order chi connectivity index (χ0) is 22.7. The summed E-state index contributed by atoms with van der Waals surface area (Å²) in [5, 5.41) is 2.20. The maximum absolute atomic E-state index is 13.0. The SMILES string of the molecule is COc1cc2ccc(CCN3CC=C(c4cccc(C(F)(F)F)c4)CC3)cc2cc1OC. The molecular weight excluding hydrogens is 415 g/mol. The summed E-state index contributed by atoms with van der Waals surface area (Å²) in [5.41, 5.74) is 2.29. The Bertz CT molecular complexity index is 1140. The van der Waals surface area contributed by atoms with Crippen LogP contribution < -0.4 is 9.47 Å². The van der Waals surface area contributed by atoms with Crippen LogP contribution in [-0.2, 0) is 12.6 Å². The number of benzene rings is 3. The van der Waals surface area contributed by atoms with Crippen molar-refractivity contribution in [3.63, 3.8) is 0 Å². The molecule has 6 heteroatoms. The van der Waals surface area contributed by atoms with Crippen LogP contribution in [0, 0.1) is 0 Å². The molecule has 0 aliphatic carbocycles. The topological polar surface area (TPSA) is 21.7 Å². The second-order valence-corrected chi connectivity index (χ2v) is 8.00. The fourth-order valence-electron chi connectivity index (χ4n) is 4.14. The Kier molecular flexibility index (Phi) is 6.42. The summed E-state index contributed by atoms with van der Waals surface area (Å²) in [6.07, 6.45) is -0.615. The van der Waals surface area contributed by atoms with Crippen LogP contribution in [0.3, 0.4) is 0 Å². The molecule has 0 spiro atoms. The second-order valence-electron chi connectivity index (χ2n) is 8.00. The molecule has 1 aliphatic rings. The molecule has 0 unspecified atom stereocenters. The van der Waals surface area contributed by atoms with Crippen molar-refractivity contribution in [2.24, 2.45) is 0 Å². The second kappa shape index (κ2) is 9.25. The Morgan fingerprint density at radius 1 is 0.906 bits per heavy atom. The lowest BCUT2D eigenvalue weighted by Gasteiger charge is -2.26. The van der Waals surface area contributed by atoms with E-state index in [1.807, 2.05) is 12.1 Å². The summed E-state index contributed by atoms with van der Waals surface area (Å²) < 4.78 is 49.8. The van der Waals surface area contributed by atoms with Crippen LogP contribution in [0.4, 0.5) is 13.2 Å². The molecule has 3 aromatic carbocycles. The molecule has 0 saturated heterocycles. The molecule has 3 nitrogen and oxygen atoms in total. The molecule has 1 aliphatic heterocycles. The lowest BCUT2D eigenvalue weighted by Crippen LogP contribution is -2.30. The monoisotopic (exact) mass is 441 g/mol. The first kappa shape index (κ1) is 22.2. The normalized spacial score (nSPS) is 15.0. The van der Waals surface area contributed by atoms with E-state index in [1.165, 1.54) is 17.7 Å². The maximum Gasteiger partial charge on any atom is 0.416 e. The van der Waals surface area contributed by atoms with Gasteiger partial charge in [0.05, 0.1) is 19.8 Å². The van der Waals surface area contributed by atoms with Gasteiger partial charge in [0.1, 0.15) is 0 Å². The summed E-state index contributed by atoms with van der Waals surface area (Å²) in [5.74, 6) is 1.42. The van der Waals surface area contributed by atoms with Crippen molar-refractivity contribution in [3.8, 4) is 11.5 Å². The number of methoxy groups -OCH3 is 2. The Balaban J connectivity index is 1.40. The van der Waals surface area contributed by atoms with Crippen LogP contribution in [-0.4, -0.2) is 38.8 Å². The van der Waals surface area contributed by atoms with Crippen LogP contribution in [0.15, 0.2) is 60.7 Å². The number of fused-ring (bicyclic) bond motifs is 1.